The van der Waals surface area contributed by atoms with Gasteiger partial charge in [-0.3, -0.25) is 0 Å². The summed E-state index contributed by atoms with van der Waals surface area (Å²) >= 11 is 5.55. The smallest absolute Gasteiger partial charge is 0.170 e. The maximum atomic E-state index is 13.3. The van der Waals surface area contributed by atoms with Crippen LogP contribution in [0.2, 0.25) is 0 Å². The summed E-state index contributed by atoms with van der Waals surface area (Å²) in [6.45, 7) is 0. The van der Waals surface area contributed by atoms with Crippen molar-refractivity contribution in [3.8, 4) is 11.3 Å². The van der Waals surface area contributed by atoms with Crippen LogP contribution in [0, 0.1) is 5.82 Å². The number of nitrogens with zero attached hydrogens (tertiary/aromatic N) is 1. The number of hydrogen-bond donors (Lipinski definition) is 0. The summed E-state index contributed by atoms with van der Waals surface area (Å²) in [6.07, 6.45) is 0. The first-order chi connectivity index (χ1) is 6.81. The third kappa shape index (κ3) is 1.63. The first-order valence-corrected chi connectivity index (χ1v) is 4.61. The largest absolute Gasteiger partial charge is 0.356 e. The van der Waals surface area contributed by atoms with Crippen LogP contribution in [0.4, 0.5) is 4.39 Å². The van der Waals surface area contributed by atoms with Gasteiger partial charge < -0.3 is 4.52 Å². The van der Waals surface area contributed by atoms with Crippen LogP contribution < -0.4 is 0 Å². The molecule has 0 aliphatic rings. The highest BCUT2D eigenvalue weighted by atomic mass is 35.5. The highest BCUT2D eigenvalue weighted by Crippen LogP contribution is 2.23. The average molecular weight is 212 g/mol. The molecule has 2 nitrogen and oxygen atoms in total. The van der Waals surface area contributed by atoms with Crippen molar-refractivity contribution in [2.24, 2.45) is 0 Å². The van der Waals surface area contributed by atoms with Gasteiger partial charge in [0, 0.05) is 6.07 Å². The van der Waals surface area contributed by atoms with Crippen LogP contribution in [0.1, 0.15) is 5.69 Å². The van der Waals surface area contributed by atoms with E-state index in [4.69, 9.17) is 16.1 Å². The molecular formula is C10H7ClFNO. The molecule has 0 unspecified atom stereocenters. The highest BCUT2D eigenvalue weighted by Gasteiger charge is 2.09. The summed E-state index contributed by atoms with van der Waals surface area (Å²) in [7, 11) is 0. The standard InChI is InChI=1S/C10H7ClFNO/c11-6-7-5-10(14-13-7)8-3-1-2-4-9(8)12/h1-5H,6H2. The van der Waals surface area contributed by atoms with Gasteiger partial charge in [0.05, 0.1) is 17.1 Å². The molecule has 14 heavy (non-hydrogen) atoms. The van der Waals surface area contributed by atoms with Gasteiger partial charge in [0.2, 0.25) is 0 Å². The summed E-state index contributed by atoms with van der Waals surface area (Å²) in [5.74, 6) is 0.335. The summed E-state index contributed by atoms with van der Waals surface area (Å²) in [5.41, 5.74) is 1.00. The predicted octanol–water partition coefficient (Wildman–Crippen LogP) is 3.22. The maximum absolute atomic E-state index is 13.3. The van der Waals surface area contributed by atoms with E-state index >= 15 is 0 Å². The lowest BCUT2D eigenvalue weighted by molar-refractivity contribution is 0.424. The Hall–Kier alpha value is -1.35. The van der Waals surface area contributed by atoms with Crippen molar-refractivity contribution in [2.45, 2.75) is 5.88 Å². The van der Waals surface area contributed by atoms with Crippen LogP contribution >= 0.6 is 11.6 Å². The van der Waals surface area contributed by atoms with Gasteiger partial charge in [0.15, 0.2) is 5.76 Å². The van der Waals surface area contributed by atoms with E-state index in [1.807, 2.05) is 0 Å². The minimum atomic E-state index is -0.329. The SMILES string of the molecule is Fc1ccccc1-c1cc(CCl)no1. The molecule has 4 heteroatoms. The van der Waals surface area contributed by atoms with Crippen molar-refractivity contribution in [1.82, 2.24) is 5.16 Å². The van der Waals surface area contributed by atoms with Crippen molar-refractivity contribution in [2.75, 3.05) is 0 Å². The zero-order valence-electron chi connectivity index (χ0n) is 7.21. The number of halogens is 2. The topological polar surface area (TPSA) is 26.0 Å². The van der Waals surface area contributed by atoms with Crippen molar-refractivity contribution < 1.29 is 8.91 Å². The van der Waals surface area contributed by atoms with Crippen LogP contribution in [0.3, 0.4) is 0 Å². The van der Waals surface area contributed by atoms with Gasteiger partial charge in [-0.15, -0.1) is 11.6 Å². The molecule has 1 aromatic heterocycles. The molecule has 0 fully saturated rings. The normalized spacial score (nSPS) is 10.4. The molecule has 0 aliphatic heterocycles. The van der Waals surface area contributed by atoms with E-state index in [-0.39, 0.29) is 11.7 Å². The lowest BCUT2D eigenvalue weighted by Crippen LogP contribution is -1.79. The number of benzene rings is 1. The first kappa shape index (κ1) is 9.21. The Kier molecular flexibility index (Phi) is 2.50. The Morgan fingerprint density at radius 1 is 1.36 bits per heavy atom. The van der Waals surface area contributed by atoms with E-state index in [1.165, 1.54) is 6.07 Å². The molecule has 0 N–H and O–H groups in total. The monoisotopic (exact) mass is 211 g/mol. The van der Waals surface area contributed by atoms with E-state index in [0.29, 0.717) is 17.0 Å². The minimum absolute atomic E-state index is 0.262. The van der Waals surface area contributed by atoms with Crippen LogP contribution in [0.5, 0.6) is 0 Å². The molecular weight excluding hydrogens is 205 g/mol. The van der Waals surface area contributed by atoms with Gasteiger partial charge in [-0.1, -0.05) is 17.3 Å². The molecule has 0 saturated heterocycles. The fourth-order valence-electron chi connectivity index (χ4n) is 1.16. The summed E-state index contributed by atoms with van der Waals surface area (Å²) in [4.78, 5) is 0. The molecule has 0 bridgehead atoms. The fourth-order valence-corrected chi connectivity index (χ4v) is 1.29. The lowest BCUT2D eigenvalue weighted by atomic mass is 10.1. The Bertz CT molecular complexity index is 441. The number of aromatic nitrogens is 1. The lowest BCUT2D eigenvalue weighted by Gasteiger charge is -1.95. The van der Waals surface area contributed by atoms with Crippen molar-refractivity contribution >= 4 is 11.6 Å². The van der Waals surface area contributed by atoms with Crippen LogP contribution in [0.15, 0.2) is 34.9 Å². The number of hydrogen-bond acceptors (Lipinski definition) is 2. The Morgan fingerprint density at radius 3 is 2.79 bits per heavy atom. The fraction of sp³-hybridized carbons (Fsp3) is 0.100. The van der Waals surface area contributed by atoms with Crippen LogP contribution in [-0.2, 0) is 5.88 Å². The average Bonchev–Trinajstić information content (AvgIpc) is 2.67. The second-order valence-electron chi connectivity index (χ2n) is 2.80. The molecule has 0 saturated carbocycles. The van der Waals surface area contributed by atoms with Crippen molar-refractivity contribution in [3.63, 3.8) is 0 Å². The Balaban J connectivity index is 2.44. The van der Waals surface area contributed by atoms with Crippen molar-refractivity contribution in [3.05, 3.63) is 41.8 Å². The predicted molar refractivity (Wildman–Crippen MR) is 51.5 cm³/mol. The van der Waals surface area contributed by atoms with Crippen LogP contribution in [-0.4, -0.2) is 5.16 Å². The molecule has 2 rings (SSSR count). The summed E-state index contributed by atoms with van der Waals surface area (Å²) in [5, 5.41) is 3.68. The van der Waals surface area contributed by atoms with Gasteiger partial charge in [0.1, 0.15) is 5.82 Å². The molecule has 0 spiro atoms. The summed E-state index contributed by atoms with van der Waals surface area (Å²) < 4.78 is 18.2. The minimum Gasteiger partial charge on any atom is -0.356 e. The van der Waals surface area contributed by atoms with Crippen LogP contribution in [0.25, 0.3) is 11.3 Å². The second-order valence-corrected chi connectivity index (χ2v) is 3.06. The second kappa shape index (κ2) is 3.80. The zero-order chi connectivity index (χ0) is 9.97. The quantitative estimate of drug-likeness (QED) is 0.713. The Labute approximate surface area is 85.3 Å². The molecule has 72 valence electrons. The molecule has 0 aliphatic carbocycles. The van der Waals surface area contributed by atoms with E-state index in [1.54, 1.807) is 24.3 Å². The van der Waals surface area contributed by atoms with Gasteiger partial charge in [0.25, 0.3) is 0 Å². The van der Waals surface area contributed by atoms with E-state index in [9.17, 15) is 4.39 Å². The van der Waals surface area contributed by atoms with Gasteiger partial charge >= 0.3 is 0 Å². The van der Waals surface area contributed by atoms with E-state index in [2.05, 4.69) is 5.16 Å². The Morgan fingerprint density at radius 2 is 2.14 bits per heavy atom. The van der Waals surface area contributed by atoms with E-state index < -0.39 is 0 Å². The molecule has 1 heterocycles. The van der Waals surface area contributed by atoms with Gasteiger partial charge in [-0.2, -0.15) is 0 Å². The molecule has 0 radical (unpaired) electrons. The number of alkyl halides is 1. The maximum Gasteiger partial charge on any atom is 0.170 e. The number of rotatable bonds is 2. The van der Waals surface area contributed by atoms with Gasteiger partial charge in [-0.05, 0) is 12.1 Å². The van der Waals surface area contributed by atoms with Crippen molar-refractivity contribution in [1.29, 1.82) is 0 Å². The molecule has 2 aromatic rings. The highest BCUT2D eigenvalue weighted by molar-refractivity contribution is 6.16. The third-order valence-corrected chi connectivity index (χ3v) is 2.11. The molecule has 1 aromatic carbocycles. The first-order valence-electron chi connectivity index (χ1n) is 4.07. The third-order valence-electron chi connectivity index (χ3n) is 1.84. The zero-order valence-corrected chi connectivity index (χ0v) is 7.96. The molecule has 0 amide bonds. The van der Waals surface area contributed by atoms with Gasteiger partial charge in [-0.25, -0.2) is 4.39 Å². The van der Waals surface area contributed by atoms with E-state index in [0.717, 1.165) is 0 Å². The molecule has 0 atom stereocenters. The summed E-state index contributed by atoms with van der Waals surface area (Å²) in [6, 6.07) is 8.00.